The lowest BCUT2D eigenvalue weighted by Gasteiger charge is -2.39. The van der Waals surface area contributed by atoms with E-state index in [2.05, 4.69) is 20.3 Å². The Kier molecular flexibility index (Phi) is 5.43. The summed E-state index contributed by atoms with van der Waals surface area (Å²) in [6.07, 6.45) is 8.92. The minimum Gasteiger partial charge on any atom is -0.374 e. The van der Waals surface area contributed by atoms with E-state index in [1.54, 1.807) is 35.6 Å². The number of aryl methyl sites for hydroxylation is 1. The first kappa shape index (κ1) is 17.8. The van der Waals surface area contributed by atoms with E-state index in [0.717, 1.165) is 17.7 Å². The highest BCUT2D eigenvalue weighted by Gasteiger charge is 2.29. The zero-order valence-corrected chi connectivity index (χ0v) is 14.6. The Bertz CT molecular complexity index is 870. The summed E-state index contributed by atoms with van der Waals surface area (Å²) >= 11 is 0. The zero-order chi connectivity index (χ0) is 18.5. The summed E-state index contributed by atoms with van der Waals surface area (Å²) in [7, 11) is 0. The van der Waals surface area contributed by atoms with Crippen molar-refractivity contribution in [1.29, 1.82) is 0 Å². The first-order valence-electron chi connectivity index (χ1n) is 8.56. The minimum absolute atomic E-state index is 0.0367. The molecular weight excluding hydrogens is 332 g/mol. The zero-order valence-electron chi connectivity index (χ0n) is 14.6. The predicted octanol–water partition coefficient (Wildman–Crippen LogP) is 0.532. The van der Waals surface area contributed by atoms with Crippen molar-refractivity contribution in [2.75, 3.05) is 25.0 Å². The van der Waals surface area contributed by atoms with Gasteiger partial charge in [-0.2, -0.15) is 0 Å². The number of hydrogen-bond donors (Lipinski definition) is 3. The molecule has 0 atom stereocenters. The van der Waals surface area contributed by atoms with Crippen LogP contribution < -0.4 is 16.6 Å². The quantitative estimate of drug-likeness (QED) is 0.652. The Balaban J connectivity index is 1.69. The Hall–Kier alpha value is -3.00. The fourth-order valence-electron chi connectivity index (χ4n) is 2.70. The highest BCUT2D eigenvalue weighted by molar-refractivity contribution is 5.88. The fourth-order valence-corrected chi connectivity index (χ4v) is 2.70. The number of likely N-dealkylation sites (tertiary alicyclic amines) is 1. The molecule has 1 saturated heterocycles. The van der Waals surface area contributed by atoms with Crippen LogP contribution in [0.25, 0.3) is 11.3 Å². The van der Waals surface area contributed by atoms with Crippen molar-refractivity contribution >= 4 is 11.6 Å². The van der Waals surface area contributed by atoms with Gasteiger partial charge >= 0.3 is 0 Å². The van der Waals surface area contributed by atoms with E-state index < -0.39 is 0 Å². The van der Waals surface area contributed by atoms with Crippen LogP contribution in [0.4, 0.5) is 5.69 Å². The van der Waals surface area contributed by atoms with Gasteiger partial charge in [0.25, 0.3) is 5.56 Å². The van der Waals surface area contributed by atoms with Crippen LogP contribution in [0.5, 0.6) is 0 Å². The van der Waals surface area contributed by atoms with E-state index in [4.69, 9.17) is 5.73 Å². The summed E-state index contributed by atoms with van der Waals surface area (Å²) in [6, 6.07) is 1.80. The average Bonchev–Trinajstić information content (AvgIpc) is 2.63. The van der Waals surface area contributed by atoms with Crippen LogP contribution in [-0.4, -0.2) is 51.4 Å². The number of amides is 1. The Morgan fingerprint density at radius 2 is 2.27 bits per heavy atom. The lowest BCUT2D eigenvalue weighted by molar-refractivity contribution is -0.129. The topological polar surface area (TPSA) is 117 Å². The number of nitrogens with zero attached hydrogens (tertiary/aromatic N) is 3. The van der Waals surface area contributed by atoms with E-state index in [-0.39, 0.29) is 17.5 Å². The van der Waals surface area contributed by atoms with Crippen LogP contribution in [0.1, 0.15) is 12.6 Å². The van der Waals surface area contributed by atoms with Gasteiger partial charge in [-0.3, -0.25) is 14.6 Å². The van der Waals surface area contributed by atoms with Crippen LogP contribution in [0, 0.1) is 0 Å². The fraction of sp³-hybridized carbons (Fsp3) is 0.333. The third kappa shape index (κ3) is 3.97. The van der Waals surface area contributed by atoms with Gasteiger partial charge in [0.05, 0.1) is 23.6 Å². The molecule has 136 valence electrons. The summed E-state index contributed by atoms with van der Waals surface area (Å²) in [5.74, 6) is -0.0668. The van der Waals surface area contributed by atoms with Crippen LogP contribution in [0.3, 0.4) is 0 Å². The second-order valence-corrected chi connectivity index (χ2v) is 6.10. The number of nitrogens with one attached hydrogen (secondary N) is 2. The molecule has 0 aromatic carbocycles. The molecule has 8 heteroatoms. The molecule has 8 nitrogen and oxygen atoms in total. The van der Waals surface area contributed by atoms with Gasteiger partial charge in [-0.25, -0.2) is 4.98 Å². The third-order valence-electron chi connectivity index (χ3n) is 4.20. The van der Waals surface area contributed by atoms with Crippen LogP contribution in [-0.2, 0) is 11.2 Å². The van der Waals surface area contributed by atoms with Gasteiger partial charge < -0.3 is 20.9 Å². The summed E-state index contributed by atoms with van der Waals surface area (Å²) in [5, 5.41) is 3.19. The Morgan fingerprint density at radius 3 is 3.00 bits per heavy atom. The van der Waals surface area contributed by atoms with Crippen LogP contribution in [0.15, 0.2) is 41.6 Å². The summed E-state index contributed by atoms with van der Waals surface area (Å²) in [5.41, 5.74) is 7.98. The number of rotatable bonds is 6. The van der Waals surface area contributed by atoms with Gasteiger partial charge in [0.2, 0.25) is 5.91 Å². The first-order valence-corrected chi connectivity index (χ1v) is 8.56. The number of carbonyl (C=O) groups is 1. The van der Waals surface area contributed by atoms with Gasteiger partial charge in [0.15, 0.2) is 0 Å². The lowest BCUT2D eigenvalue weighted by atomic mass is 10.1. The predicted molar refractivity (Wildman–Crippen MR) is 99.7 cm³/mol. The first-order chi connectivity index (χ1) is 12.6. The number of aromatic amines is 1. The molecule has 1 amide bonds. The molecule has 1 aliphatic rings. The molecule has 0 saturated carbocycles. The van der Waals surface area contributed by atoms with Crippen LogP contribution in [0.2, 0.25) is 0 Å². The summed E-state index contributed by atoms with van der Waals surface area (Å²) in [4.78, 5) is 37.1. The Labute approximate surface area is 151 Å². The molecule has 26 heavy (non-hydrogen) atoms. The van der Waals surface area contributed by atoms with Gasteiger partial charge in [-0.15, -0.1) is 0 Å². The Morgan fingerprint density at radius 1 is 1.46 bits per heavy atom. The molecule has 1 fully saturated rings. The molecule has 0 bridgehead atoms. The molecule has 0 aliphatic carbocycles. The average molecular weight is 354 g/mol. The van der Waals surface area contributed by atoms with Gasteiger partial charge in [0, 0.05) is 43.7 Å². The number of pyridine rings is 1. The molecule has 2 aromatic heterocycles. The molecule has 4 N–H and O–H groups in total. The molecule has 0 spiro atoms. The van der Waals surface area contributed by atoms with Crippen molar-refractivity contribution in [3.63, 3.8) is 0 Å². The van der Waals surface area contributed by atoms with Crippen molar-refractivity contribution in [3.8, 4) is 11.3 Å². The normalized spacial score (nSPS) is 14.5. The van der Waals surface area contributed by atoms with Crippen molar-refractivity contribution in [2.24, 2.45) is 5.73 Å². The molecule has 3 rings (SSSR count). The highest BCUT2D eigenvalue weighted by Crippen LogP contribution is 2.19. The number of H-pyrrole nitrogens is 1. The van der Waals surface area contributed by atoms with E-state index in [0.29, 0.717) is 31.0 Å². The molecule has 0 unspecified atom stereocenters. The van der Waals surface area contributed by atoms with Gasteiger partial charge in [-0.1, -0.05) is 13.0 Å². The van der Waals surface area contributed by atoms with Crippen LogP contribution >= 0.6 is 0 Å². The van der Waals surface area contributed by atoms with Crippen molar-refractivity contribution < 1.29 is 4.79 Å². The van der Waals surface area contributed by atoms with E-state index in [1.807, 2.05) is 6.92 Å². The summed E-state index contributed by atoms with van der Waals surface area (Å²) < 4.78 is 0. The number of aromatic nitrogens is 3. The number of anilines is 1. The molecule has 0 radical (unpaired) electrons. The van der Waals surface area contributed by atoms with E-state index in [1.165, 1.54) is 6.08 Å². The minimum atomic E-state index is -0.207. The monoisotopic (exact) mass is 354 g/mol. The van der Waals surface area contributed by atoms with Crippen molar-refractivity contribution in [1.82, 2.24) is 19.9 Å². The van der Waals surface area contributed by atoms with E-state index in [9.17, 15) is 9.59 Å². The largest absolute Gasteiger partial charge is 0.374 e. The highest BCUT2D eigenvalue weighted by atomic mass is 16.2. The second kappa shape index (κ2) is 7.92. The standard InChI is InChI=1S/C18H22N6O2/c1-2-13-8-20-9-16(22-13)12-6-15(18(26)21-7-12)23-14-10-24(11-14)17(25)4-3-5-19/h3-4,6-9,14,23H,2,5,10-11,19H2,1H3,(H,21,26)/b4-3+. The number of nitrogens with two attached hydrogens (primary N) is 1. The third-order valence-corrected chi connectivity index (χ3v) is 4.20. The SMILES string of the molecule is CCc1cncc(-c2c[nH]c(=O)c(NC3CN(C(=O)/C=C/CN)C3)c2)n1. The molecular formula is C18H22N6O2. The maximum Gasteiger partial charge on any atom is 0.271 e. The second-order valence-electron chi connectivity index (χ2n) is 6.10. The molecule has 2 aromatic rings. The smallest absolute Gasteiger partial charge is 0.271 e. The molecule has 3 heterocycles. The number of carbonyl (C=O) groups excluding carboxylic acids is 1. The van der Waals surface area contributed by atoms with Crippen molar-refractivity contribution in [2.45, 2.75) is 19.4 Å². The lowest BCUT2D eigenvalue weighted by Crippen LogP contribution is -2.57. The molecule has 1 aliphatic heterocycles. The van der Waals surface area contributed by atoms with E-state index >= 15 is 0 Å². The van der Waals surface area contributed by atoms with Gasteiger partial charge in [0.1, 0.15) is 5.69 Å². The number of hydrogen-bond acceptors (Lipinski definition) is 6. The van der Waals surface area contributed by atoms with Gasteiger partial charge in [-0.05, 0) is 12.5 Å². The van der Waals surface area contributed by atoms with Crippen molar-refractivity contribution in [3.05, 3.63) is 52.9 Å². The maximum atomic E-state index is 12.1. The maximum absolute atomic E-state index is 12.1. The summed E-state index contributed by atoms with van der Waals surface area (Å²) in [6.45, 7) is 3.44.